The Labute approximate surface area is 161 Å². The van der Waals surface area contributed by atoms with Crippen molar-refractivity contribution in [3.05, 3.63) is 42.0 Å². The van der Waals surface area contributed by atoms with Crippen LogP contribution in [0, 0.1) is 0 Å². The first-order valence-electron chi connectivity index (χ1n) is 8.19. The lowest BCUT2D eigenvalue weighted by atomic mass is 10.1. The molecule has 3 aromatic rings. The lowest BCUT2D eigenvalue weighted by molar-refractivity contribution is 0.102. The summed E-state index contributed by atoms with van der Waals surface area (Å²) in [5.74, 6) is 1.56. The van der Waals surface area contributed by atoms with E-state index in [1.807, 2.05) is 0 Å². The number of methoxy groups -OCH3 is 4. The first-order valence-corrected chi connectivity index (χ1v) is 8.19. The van der Waals surface area contributed by atoms with Crippen LogP contribution >= 0.6 is 0 Å². The number of hydrogen-bond acceptors (Lipinski definition) is 8. The summed E-state index contributed by atoms with van der Waals surface area (Å²) in [6, 6.07) is 10.2. The molecule has 28 heavy (non-hydrogen) atoms. The minimum atomic E-state index is -0.440. The molecule has 0 saturated carbocycles. The van der Waals surface area contributed by atoms with Crippen LogP contribution in [-0.2, 0) is 0 Å². The second-order valence-corrected chi connectivity index (χ2v) is 5.56. The topological polar surface area (TPSA) is 105 Å². The fraction of sp³-hybridized carbons (Fsp3) is 0.211. The van der Waals surface area contributed by atoms with Crippen molar-refractivity contribution in [3.63, 3.8) is 0 Å². The third kappa shape index (κ3) is 3.68. The maximum Gasteiger partial charge on any atom is 0.257 e. The van der Waals surface area contributed by atoms with E-state index < -0.39 is 5.91 Å². The molecule has 146 valence electrons. The SMILES string of the molecule is COc1ccc(-c2nonc2NC(=O)c2cc(OC)c(OC)c(OC)c2)cc1. The van der Waals surface area contributed by atoms with Crippen LogP contribution < -0.4 is 24.3 Å². The predicted molar refractivity (Wildman–Crippen MR) is 100 cm³/mol. The Kier molecular flexibility index (Phi) is 5.64. The van der Waals surface area contributed by atoms with E-state index in [2.05, 4.69) is 15.6 Å². The van der Waals surface area contributed by atoms with Gasteiger partial charge in [-0.3, -0.25) is 4.79 Å². The number of ether oxygens (including phenoxy) is 4. The predicted octanol–water partition coefficient (Wildman–Crippen LogP) is 3.02. The maximum absolute atomic E-state index is 12.7. The fourth-order valence-corrected chi connectivity index (χ4v) is 2.60. The van der Waals surface area contributed by atoms with Crippen molar-refractivity contribution >= 4 is 11.7 Å². The highest BCUT2D eigenvalue weighted by Gasteiger charge is 2.20. The Hall–Kier alpha value is -3.75. The van der Waals surface area contributed by atoms with Crippen LogP contribution in [0.1, 0.15) is 10.4 Å². The molecular weight excluding hydrogens is 366 g/mol. The van der Waals surface area contributed by atoms with Gasteiger partial charge in [0.05, 0.1) is 28.4 Å². The zero-order valence-corrected chi connectivity index (χ0v) is 15.8. The first-order chi connectivity index (χ1) is 13.6. The van der Waals surface area contributed by atoms with Crippen LogP contribution in [0.4, 0.5) is 5.82 Å². The van der Waals surface area contributed by atoms with E-state index in [0.29, 0.717) is 34.3 Å². The molecule has 0 aliphatic carbocycles. The third-order valence-electron chi connectivity index (χ3n) is 4.01. The quantitative estimate of drug-likeness (QED) is 0.662. The summed E-state index contributed by atoms with van der Waals surface area (Å²) in [6.07, 6.45) is 0. The Balaban J connectivity index is 1.89. The number of hydrogen-bond donors (Lipinski definition) is 1. The minimum Gasteiger partial charge on any atom is -0.497 e. The van der Waals surface area contributed by atoms with Crippen molar-refractivity contribution < 1.29 is 28.4 Å². The maximum atomic E-state index is 12.7. The van der Waals surface area contributed by atoms with Crippen molar-refractivity contribution in [1.29, 1.82) is 0 Å². The molecule has 0 spiro atoms. The molecule has 0 radical (unpaired) electrons. The molecule has 0 aliphatic rings. The monoisotopic (exact) mass is 385 g/mol. The Morgan fingerprint density at radius 3 is 2.07 bits per heavy atom. The smallest absolute Gasteiger partial charge is 0.257 e. The average molecular weight is 385 g/mol. The summed E-state index contributed by atoms with van der Waals surface area (Å²) < 4.78 is 25.8. The van der Waals surface area contributed by atoms with Crippen molar-refractivity contribution in [1.82, 2.24) is 10.3 Å². The molecule has 1 N–H and O–H groups in total. The third-order valence-corrected chi connectivity index (χ3v) is 4.01. The van der Waals surface area contributed by atoms with Crippen molar-refractivity contribution in [2.24, 2.45) is 0 Å². The second kappa shape index (κ2) is 8.30. The number of carbonyl (C=O) groups is 1. The number of amides is 1. The van der Waals surface area contributed by atoms with Gasteiger partial charge in [0.2, 0.25) is 11.6 Å². The van der Waals surface area contributed by atoms with Gasteiger partial charge in [0.15, 0.2) is 17.2 Å². The summed E-state index contributed by atoms with van der Waals surface area (Å²) in [4.78, 5) is 12.7. The van der Waals surface area contributed by atoms with Crippen molar-refractivity contribution in [3.8, 4) is 34.3 Å². The van der Waals surface area contributed by atoms with Gasteiger partial charge in [-0.2, -0.15) is 0 Å². The Morgan fingerprint density at radius 1 is 0.893 bits per heavy atom. The molecule has 0 atom stereocenters. The lowest BCUT2D eigenvalue weighted by Crippen LogP contribution is -2.13. The molecular formula is C19H19N3O6. The van der Waals surface area contributed by atoms with Crippen LogP contribution in [0.3, 0.4) is 0 Å². The Morgan fingerprint density at radius 2 is 1.54 bits per heavy atom. The molecule has 0 fully saturated rings. The number of aromatic nitrogens is 2. The molecule has 9 heteroatoms. The summed E-state index contributed by atoms with van der Waals surface area (Å²) in [5.41, 5.74) is 1.39. The van der Waals surface area contributed by atoms with E-state index in [-0.39, 0.29) is 11.4 Å². The van der Waals surface area contributed by atoms with Crippen LogP contribution in [0.5, 0.6) is 23.0 Å². The van der Waals surface area contributed by atoms with E-state index in [4.69, 9.17) is 23.6 Å². The summed E-state index contributed by atoms with van der Waals surface area (Å²) in [7, 11) is 6.02. The molecule has 0 saturated heterocycles. The average Bonchev–Trinajstić information content (AvgIpc) is 3.20. The number of benzene rings is 2. The van der Waals surface area contributed by atoms with Crippen molar-refractivity contribution in [2.75, 3.05) is 33.8 Å². The molecule has 1 amide bonds. The van der Waals surface area contributed by atoms with Gasteiger partial charge in [-0.1, -0.05) is 0 Å². The van der Waals surface area contributed by atoms with Crippen LogP contribution in [0.25, 0.3) is 11.3 Å². The Bertz CT molecular complexity index is 943. The normalized spacial score (nSPS) is 10.3. The van der Waals surface area contributed by atoms with Crippen LogP contribution in [-0.4, -0.2) is 44.7 Å². The fourth-order valence-electron chi connectivity index (χ4n) is 2.60. The summed E-state index contributed by atoms with van der Waals surface area (Å²) in [6.45, 7) is 0. The molecule has 9 nitrogen and oxygen atoms in total. The highest BCUT2D eigenvalue weighted by molar-refractivity contribution is 6.06. The standard InChI is InChI=1S/C19H19N3O6/c1-24-13-7-5-11(6-8-13)16-18(22-28-21-16)20-19(23)12-9-14(25-2)17(27-4)15(10-12)26-3/h5-10H,1-4H3,(H,20,22,23). The highest BCUT2D eigenvalue weighted by Crippen LogP contribution is 2.38. The molecule has 0 unspecified atom stereocenters. The van der Waals surface area contributed by atoms with Crippen LogP contribution in [0.15, 0.2) is 41.0 Å². The summed E-state index contributed by atoms with van der Waals surface area (Å²) in [5, 5.41) is 10.3. The minimum absolute atomic E-state index is 0.184. The first kappa shape index (κ1) is 19.0. The van der Waals surface area contributed by atoms with Gasteiger partial charge in [-0.15, -0.1) is 0 Å². The zero-order valence-electron chi connectivity index (χ0n) is 15.8. The molecule has 3 rings (SSSR count). The number of carbonyl (C=O) groups excluding carboxylic acids is 1. The van der Waals surface area contributed by atoms with Gasteiger partial charge in [-0.05, 0) is 46.7 Å². The molecule has 1 aromatic heterocycles. The molecule has 0 aliphatic heterocycles. The van der Waals surface area contributed by atoms with Gasteiger partial charge in [0, 0.05) is 11.1 Å². The van der Waals surface area contributed by atoms with Gasteiger partial charge < -0.3 is 24.3 Å². The van der Waals surface area contributed by atoms with E-state index in [1.165, 1.54) is 33.5 Å². The molecule has 2 aromatic carbocycles. The van der Waals surface area contributed by atoms with Gasteiger partial charge in [0.25, 0.3) is 5.91 Å². The number of nitrogens with zero attached hydrogens (tertiary/aromatic N) is 2. The summed E-state index contributed by atoms with van der Waals surface area (Å²) >= 11 is 0. The zero-order chi connectivity index (χ0) is 20.1. The number of rotatable bonds is 7. The van der Waals surface area contributed by atoms with Gasteiger partial charge >= 0.3 is 0 Å². The molecule has 1 heterocycles. The van der Waals surface area contributed by atoms with Crippen LogP contribution in [0.2, 0.25) is 0 Å². The largest absolute Gasteiger partial charge is 0.497 e. The van der Waals surface area contributed by atoms with Crippen molar-refractivity contribution in [2.45, 2.75) is 0 Å². The van der Waals surface area contributed by atoms with E-state index in [1.54, 1.807) is 31.4 Å². The lowest BCUT2D eigenvalue weighted by Gasteiger charge is -2.13. The molecule has 0 bridgehead atoms. The second-order valence-electron chi connectivity index (χ2n) is 5.56. The number of anilines is 1. The highest BCUT2D eigenvalue weighted by atomic mass is 16.6. The van der Waals surface area contributed by atoms with Gasteiger partial charge in [-0.25, -0.2) is 4.63 Å². The van der Waals surface area contributed by atoms with E-state index in [9.17, 15) is 4.79 Å². The van der Waals surface area contributed by atoms with E-state index in [0.717, 1.165) is 0 Å². The van der Waals surface area contributed by atoms with E-state index >= 15 is 0 Å². The number of nitrogens with one attached hydrogen (secondary N) is 1. The van der Waals surface area contributed by atoms with Gasteiger partial charge in [0.1, 0.15) is 5.75 Å².